The van der Waals surface area contributed by atoms with Crippen LogP contribution in [0.3, 0.4) is 0 Å². The number of piperazine rings is 1. The first kappa shape index (κ1) is 17.1. The molecule has 126 valence electrons. The minimum atomic E-state index is -3.38. The molecule has 0 aromatic carbocycles. The number of carbonyl (C=O) groups excluding carboxylic acids is 2. The molecule has 3 N–H and O–H groups in total. The van der Waals surface area contributed by atoms with Crippen LogP contribution in [0.25, 0.3) is 0 Å². The number of rotatable bonds is 4. The molecule has 10 heteroatoms. The Labute approximate surface area is 130 Å². The Hall–Kier alpha value is -1.23. The lowest BCUT2D eigenvalue weighted by atomic mass is 10.2. The van der Waals surface area contributed by atoms with Crippen LogP contribution in [-0.4, -0.2) is 79.2 Å². The number of hydrogen-bond acceptors (Lipinski definition) is 5. The molecule has 2 heterocycles. The van der Waals surface area contributed by atoms with Crippen molar-refractivity contribution in [2.24, 2.45) is 5.73 Å². The molecule has 3 amide bonds. The van der Waals surface area contributed by atoms with Gasteiger partial charge >= 0.3 is 6.03 Å². The first-order valence-corrected chi connectivity index (χ1v) is 8.81. The molecule has 0 radical (unpaired) electrons. The smallest absolute Gasteiger partial charge is 0.318 e. The van der Waals surface area contributed by atoms with Crippen LogP contribution in [-0.2, 0) is 15.0 Å². The molecule has 2 fully saturated rings. The summed E-state index contributed by atoms with van der Waals surface area (Å²) in [5.41, 5.74) is 4.93. The van der Waals surface area contributed by atoms with Crippen LogP contribution in [0, 0.1) is 0 Å². The lowest BCUT2D eigenvalue weighted by Crippen LogP contribution is -2.57. The van der Waals surface area contributed by atoms with E-state index in [1.165, 1.54) is 8.61 Å². The van der Waals surface area contributed by atoms with E-state index in [0.717, 1.165) is 12.8 Å². The van der Waals surface area contributed by atoms with Gasteiger partial charge in [0.15, 0.2) is 0 Å². The molecule has 2 saturated heterocycles. The highest BCUT2D eigenvalue weighted by Crippen LogP contribution is 2.18. The maximum absolute atomic E-state index is 12.4. The molecular weight excluding hydrogens is 310 g/mol. The summed E-state index contributed by atoms with van der Waals surface area (Å²) in [6, 6.07) is -1.41. The fourth-order valence-electron chi connectivity index (χ4n) is 2.80. The summed E-state index contributed by atoms with van der Waals surface area (Å²) >= 11 is 0. The zero-order chi connectivity index (χ0) is 16.3. The van der Waals surface area contributed by atoms with Gasteiger partial charge in [-0.3, -0.25) is 15.0 Å². The van der Waals surface area contributed by atoms with Crippen molar-refractivity contribution in [3.63, 3.8) is 0 Å². The van der Waals surface area contributed by atoms with E-state index in [0.29, 0.717) is 39.3 Å². The van der Waals surface area contributed by atoms with Crippen molar-refractivity contribution >= 4 is 22.1 Å². The highest BCUT2D eigenvalue weighted by atomic mass is 32.2. The molecule has 0 saturated carbocycles. The molecule has 0 unspecified atom stereocenters. The summed E-state index contributed by atoms with van der Waals surface area (Å²) < 4.78 is 27.9. The zero-order valence-corrected chi connectivity index (χ0v) is 13.5. The van der Waals surface area contributed by atoms with Crippen LogP contribution in [0.15, 0.2) is 0 Å². The maximum Gasteiger partial charge on any atom is 0.318 e. The average molecular weight is 333 g/mol. The zero-order valence-electron chi connectivity index (χ0n) is 12.7. The topological polar surface area (TPSA) is 116 Å². The van der Waals surface area contributed by atoms with Gasteiger partial charge in [0.25, 0.3) is 10.2 Å². The summed E-state index contributed by atoms with van der Waals surface area (Å²) in [4.78, 5) is 24.3. The first-order chi connectivity index (χ1) is 10.3. The second-order valence-corrected chi connectivity index (χ2v) is 7.51. The molecule has 0 aromatic heterocycles. The summed E-state index contributed by atoms with van der Waals surface area (Å²) in [5, 5.41) is 2.04. The van der Waals surface area contributed by atoms with Crippen molar-refractivity contribution < 1.29 is 18.0 Å². The Balaban J connectivity index is 1.90. The van der Waals surface area contributed by atoms with Gasteiger partial charge in [-0.1, -0.05) is 0 Å². The number of urea groups is 1. The molecular formula is C12H23N5O4S. The number of hydrogen-bond donors (Lipinski definition) is 2. The van der Waals surface area contributed by atoms with Crippen LogP contribution >= 0.6 is 0 Å². The van der Waals surface area contributed by atoms with E-state index >= 15 is 0 Å². The lowest BCUT2D eigenvalue weighted by Gasteiger charge is -2.37. The molecule has 2 rings (SSSR count). The number of nitrogens with two attached hydrogens (primary N) is 1. The van der Waals surface area contributed by atoms with Gasteiger partial charge < -0.3 is 5.73 Å². The van der Waals surface area contributed by atoms with Gasteiger partial charge in [-0.15, -0.1) is 0 Å². The van der Waals surface area contributed by atoms with Gasteiger partial charge in [-0.05, 0) is 19.8 Å². The summed E-state index contributed by atoms with van der Waals surface area (Å²) in [7, 11) is -3.38. The average Bonchev–Trinajstić information content (AvgIpc) is 3.01. The second-order valence-electron chi connectivity index (χ2n) is 5.58. The van der Waals surface area contributed by atoms with Crippen molar-refractivity contribution in [2.75, 3.05) is 39.3 Å². The number of amides is 3. The fraction of sp³-hybridized carbons (Fsp3) is 0.833. The van der Waals surface area contributed by atoms with E-state index < -0.39 is 28.2 Å². The highest BCUT2D eigenvalue weighted by Gasteiger charge is 2.35. The molecule has 2 aliphatic rings. The predicted molar refractivity (Wildman–Crippen MR) is 80.1 cm³/mol. The van der Waals surface area contributed by atoms with Crippen molar-refractivity contribution in [2.45, 2.75) is 25.8 Å². The van der Waals surface area contributed by atoms with Crippen LogP contribution in [0.4, 0.5) is 4.79 Å². The van der Waals surface area contributed by atoms with Crippen molar-refractivity contribution in [1.82, 2.24) is 18.8 Å². The van der Waals surface area contributed by atoms with Gasteiger partial charge in [0.2, 0.25) is 5.91 Å². The third-order valence-corrected chi connectivity index (χ3v) is 6.20. The number of primary amides is 1. The Morgan fingerprint density at radius 1 is 1.00 bits per heavy atom. The Kier molecular flexibility index (Phi) is 5.37. The maximum atomic E-state index is 12.4. The minimum Gasteiger partial charge on any atom is -0.351 e. The third-order valence-electron chi connectivity index (χ3n) is 4.16. The monoisotopic (exact) mass is 333 g/mol. The van der Waals surface area contributed by atoms with E-state index in [1.807, 2.05) is 10.2 Å². The molecule has 0 aliphatic carbocycles. The number of nitrogens with one attached hydrogen (secondary N) is 1. The predicted octanol–water partition coefficient (Wildman–Crippen LogP) is -1.47. The van der Waals surface area contributed by atoms with Gasteiger partial charge in [0.05, 0.1) is 6.04 Å². The number of imide groups is 1. The largest absolute Gasteiger partial charge is 0.351 e. The highest BCUT2D eigenvalue weighted by molar-refractivity contribution is 7.86. The van der Waals surface area contributed by atoms with Crippen LogP contribution < -0.4 is 11.1 Å². The third kappa shape index (κ3) is 3.75. The minimum absolute atomic E-state index is 0.340. The summed E-state index contributed by atoms with van der Waals surface area (Å²) in [6.07, 6.45) is 1.81. The van der Waals surface area contributed by atoms with Crippen molar-refractivity contribution in [1.29, 1.82) is 0 Å². The first-order valence-electron chi connectivity index (χ1n) is 7.42. The van der Waals surface area contributed by atoms with E-state index in [4.69, 9.17) is 5.73 Å². The Morgan fingerprint density at radius 2 is 1.50 bits per heavy atom. The van der Waals surface area contributed by atoms with E-state index in [1.54, 1.807) is 6.92 Å². The molecule has 2 aliphatic heterocycles. The quantitative estimate of drug-likeness (QED) is 0.651. The summed E-state index contributed by atoms with van der Waals surface area (Å²) in [6.45, 7) is 4.41. The van der Waals surface area contributed by atoms with E-state index in [2.05, 4.69) is 0 Å². The van der Waals surface area contributed by atoms with Crippen LogP contribution in [0.2, 0.25) is 0 Å². The molecule has 9 nitrogen and oxygen atoms in total. The van der Waals surface area contributed by atoms with Crippen molar-refractivity contribution in [3.8, 4) is 0 Å². The number of carbonyl (C=O) groups is 2. The van der Waals surface area contributed by atoms with E-state index in [-0.39, 0.29) is 0 Å². The Morgan fingerprint density at radius 3 is 2.00 bits per heavy atom. The van der Waals surface area contributed by atoms with Gasteiger partial charge in [-0.2, -0.15) is 17.0 Å². The Bertz CT molecular complexity index is 524. The van der Waals surface area contributed by atoms with Crippen LogP contribution in [0.5, 0.6) is 0 Å². The molecule has 0 bridgehead atoms. The van der Waals surface area contributed by atoms with Crippen LogP contribution in [0.1, 0.15) is 19.8 Å². The molecule has 1 atom stereocenters. The second kappa shape index (κ2) is 6.90. The van der Waals surface area contributed by atoms with Gasteiger partial charge in [0.1, 0.15) is 0 Å². The lowest BCUT2D eigenvalue weighted by molar-refractivity contribution is -0.125. The molecule has 0 aromatic rings. The van der Waals surface area contributed by atoms with Gasteiger partial charge in [-0.25, -0.2) is 4.79 Å². The van der Waals surface area contributed by atoms with Gasteiger partial charge in [0, 0.05) is 39.3 Å². The summed E-state index contributed by atoms with van der Waals surface area (Å²) in [5.74, 6) is -0.469. The SMILES string of the molecule is C[C@H](C(=O)NC(N)=O)N1CCN(S(=O)(=O)N2CCCC2)CC1. The molecule has 0 spiro atoms. The normalized spacial score (nSPS) is 23.3. The number of nitrogens with zero attached hydrogens (tertiary/aromatic N) is 3. The fourth-order valence-corrected chi connectivity index (χ4v) is 4.47. The van der Waals surface area contributed by atoms with E-state index in [9.17, 15) is 18.0 Å². The molecule has 22 heavy (non-hydrogen) atoms. The standard InChI is InChI=1S/C12H23N5O4S/c1-10(11(18)14-12(13)19)15-6-8-17(9-7-15)22(20,21)16-4-2-3-5-16/h10H,2-9H2,1H3,(H3,13,14,18,19)/t10-/m1/s1. The van der Waals surface area contributed by atoms with Crippen molar-refractivity contribution in [3.05, 3.63) is 0 Å².